The molecule has 2 aromatic carbocycles. The molecule has 2 fully saturated rings. The number of halogens is 6. The summed E-state index contributed by atoms with van der Waals surface area (Å²) in [6, 6.07) is 11.4. The molecule has 0 bridgehead atoms. The first-order valence-corrected chi connectivity index (χ1v) is 13.9. The normalized spacial score (nSPS) is 25.7. The second-order valence-electron chi connectivity index (χ2n) is 10.6. The molecule has 3 aliphatic rings. The smallest absolute Gasteiger partial charge is 0.374 e. The zero-order chi connectivity index (χ0) is 29.2. The van der Waals surface area contributed by atoms with Gasteiger partial charge in [-0.15, -0.1) is 0 Å². The maximum Gasteiger partial charge on any atom is 0.416 e. The highest BCUT2D eigenvalue weighted by molar-refractivity contribution is 5.92. The van der Waals surface area contributed by atoms with E-state index in [1.54, 1.807) is 6.08 Å². The summed E-state index contributed by atoms with van der Waals surface area (Å²) in [5, 5.41) is 0. The van der Waals surface area contributed by atoms with Gasteiger partial charge in [-0.1, -0.05) is 44.2 Å². The first-order chi connectivity index (χ1) is 18.9. The number of ketones is 1. The van der Waals surface area contributed by atoms with Gasteiger partial charge in [-0.3, -0.25) is 4.79 Å². The first-order valence-electron chi connectivity index (χ1n) is 13.9. The molecule has 1 saturated carbocycles. The summed E-state index contributed by atoms with van der Waals surface area (Å²) in [4.78, 5) is 14.1. The number of alkyl halides is 6. The van der Waals surface area contributed by atoms with E-state index in [4.69, 9.17) is 4.74 Å². The largest absolute Gasteiger partial charge is 0.416 e. The van der Waals surface area contributed by atoms with E-state index >= 15 is 0 Å². The maximum absolute atomic E-state index is 13.4. The SMILES string of the molecule is CC.C[C@@H](O[C@H]1CC[C@@H]2CN(C3=CC(=O)CC3)C[C@H]2[C@@H]1c1ccccc1)c1cc(C(F)(F)F)cc(C(F)(F)F)c1. The molecule has 5 atom stereocenters. The van der Waals surface area contributed by atoms with Crippen molar-refractivity contribution >= 4 is 5.78 Å². The highest BCUT2D eigenvalue weighted by atomic mass is 19.4. The van der Waals surface area contributed by atoms with Crippen LogP contribution in [0.5, 0.6) is 0 Å². The van der Waals surface area contributed by atoms with E-state index < -0.39 is 29.6 Å². The summed E-state index contributed by atoms with van der Waals surface area (Å²) in [6.45, 7) is 7.08. The van der Waals surface area contributed by atoms with E-state index in [1.165, 1.54) is 6.92 Å². The second-order valence-corrected chi connectivity index (χ2v) is 10.6. The van der Waals surface area contributed by atoms with Crippen LogP contribution >= 0.6 is 0 Å². The summed E-state index contributed by atoms with van der Waals surface area (Å²) >= 11 is 0. The zero-order valence-electron chi connectivity index (χ0n) is 22.9. The summed E-state index contributed by atoms with van der Waals surface area (Å²) in [7, 11) is 0. The number of likely N-dealkylation sites (tertiary alicyclic amines) is 1. The number of rotatable bonds is 5. The minimum absolute atomic E-state index is 0.0759. The van der Waals surface area contributed by atoms with Crippen LogP contribution in [0.1, 0.15) is 80.7 Å². The lowest BCUT2D eigenvalue weighted by molar-refractivity contribution is -0.143. The predicted octanol–water partition coefficient (Wildman–Crippen LogP) is 8.57. The number of carbonyl (C=O) groups is 1. The molecule has 218 valence electrons. The van der Waals surface area contributed by atoms with Crippen LogP contribution in [0.4, 0.5) is 26.3 Å². The van der Waals surface area contributed by atoms with Crippen molar-refractivity contribution < 1.29 is 35.9 Å². The van der Waals surface area contributed by atoms with Gasteiger partial charge >= 0.3 is 12.4 Å². The van der Waals surface area contributed by atoms with Crippen molar-refractivity contribution in [2.75, 3.05) is 13.1 Å². The molecule has 0 amide bonds. The number of fused-ring (bicyclic) bond motifs is 1. The number of benzene rings is 2. The number of ether oxygens (including phenoxy) is 1. The average molecular weight is 568 g/mol. The summed E-state index contributed by atoms with van der Waals surface area (Å²) in [6.07, 6.45) is -6.74. The number of nitrogens with zero attached hydrogens (tertiary/aromatic N) is 1. The van der Waals surface area contributed by atoms with Crippen LogP contribution in [0, 0.1) is 11.8 Å². The number of hydrogen-bond donors (Lipinski definition) is 0. The van der Waals surface area contributed by atoms with Crippen molar-refractivity contribution in [1.82, 2.24) is 4.90 Å². The van der Waals surface area contributed by atoms with Crippen molar-refractivity contribution in [1.29, 1.82) is 0 Å². The Morgan fingerprint density at radius 3 is 2.05 bits per heavy atom. The van der Waals surface area contributed by atoms with Gasteiger partial charge in [0.05, 0.1) is 23.3 Å². The first kappa shape index (κ1) is 30.2. The Bertz CT molecular complexity index is 1170. The van der Waals surface area contributed by atoms with Crippen LogP contribution in [0.3, 0.4) is 0 Å². The fraction of sp³-hybridized carbons (Fsp3) is 0.516. The fourth-order valence-electron chi connectivity index (χ4n) is 6.35. The van der Waals surface area contributed by atoms with Crippen molar-refractivity contribution in [3.63, 3.8) is 0 Å². The van der Waals surface area contributed by atoms with Crippen molar-refractivity contribution in [2.45, 2.75) is 76.9 Å². The monoisotopic (exact) mass is 567 g/mol. The Hall–Kier alpha value is -2.81. The van der Waals surface area contributed by atoms with Gasteiger partial charge in [0.2, 0.25) is 0 Å². The zero-order valence-corrected chi connectivity index (χ0v) is 22.9. The van der Waals surface area contributed by atoms with Gasteiger partial charge in [-0.2, -0.15) is 26.3 Å². The quantitative estimate of drug-likeness (QED) is 0.339. The van der Waals surface area contributed by atoms with Crippen LogP contribution in [0.2, 0.25) is 0 Å². The van der Waals surface area contributed by atoms with Gasteiger partial charge < -0.3 is 9.64 Å². The van der Waals surface area contributed by atoms with Gasteiger partial charge in [0.25, 0.3) is 0 Å². The summed E-state index contributed by atoms with van der Waals surface area (Å²) in [5.74, 6) is 0.598. The molecule has 0 spiro atoms. The van der Waals surface area contributed by atoms with Crippen molar-refractivity contribution in [2.24, 2.45) is 11.8 Å². The molecule has 0 radical (unpaired) electrons. The van der Waals surface area contributed by atoms with Crippen LogP contribution < -0.4 is 0 Å². The molecule has 5 rings (SSSR count). The average Bonchev–Trinajstić information content (AvgIpc) is 3.55. The minimum Gasteiger partial charge on any atom is -0.374 e. The standard InChI is InChI=1S/C29H29F6NO2.C2H6/c1-17(20-11-21(28(30,31)32)13-22(12-20)29(33,34)35)38-26-10-7-19-15-36(23-8-9-24(37)14-23)16-25(19)27(26)18-5-3-2-4-6-18;1-2/h2-6,11-14,17,19,25-27H,7-10,15-16H2,1H3;1-2H3/t17-,19-,25-,26+,27+;/m1./s1. The van der Waals surface area contributed by atoms with E-state index in [-0.39, 0.29) is 35.4 Å². The highest BCUT2D eigenvalue weighted by Gasteiger charge is 2.47. The molecule has 0 N–H and O–H groups in total. The molecule has 0 aromatic heterocycles. The molecule has 40 heavy (non-hydrogen) atoms. The molecule has 2 aromatic rings. The molecule has 1 saturated heterocycles. The van der Waals surface area contributed by atoms with Crippen LogP contribution in [0.25, 0.3) is 0 Å². The lowest BCUT2D eigenvalue weighted by Crippen LogP contribution is -2.38. The summed E-state index contributed by atoms with van der Waals surface area (Å²) < 4.78 is 87.0. The van der Waals surface area contributed by atoms with Crippen LogP contribution in [0.15, 0.2) is 60.3 Å². The van der Waals surface area contributed by atoms with E-state index in [2.05, 4.69) is 4.90 Å². The Balaban J connectivity index is 0.00000181. The van der Waals surface area contributed by atoms with Crippen LogP contribution in [-0.2, 0) is 21.9 Å². The molecule has 0 unspecified atom stereocenters. The van der Waals surface area contributed by atoms with E-state index in [1.807, 2.05) is 44.2 Å². The van der Waals surface area contributed by atoms with E-state index in [0.717, 1.165) is 49.3 Å². The van der Waals surface area contributed by atoms with E-state index in [9.17, 15) is 31.1 Å². The molecule has 2 aliphatic carbocycles. The van der Waals surface area contributed by atoms with E-state index in [0.29, 0.717) is 18.8 Å². The van der Waals surface area contributed by atoms with Gasteiger partial charge in [0.1, 0.15) is 0 Å². The number of hydrogen-bond acceptors (Lipinski definition) is 3. The Morgan fingerprint density at radius 1 is 0.875 bits per heavy atom. The second kappa shape index (κ2) is 12.0. The Kier molecular flexibility index (Phi) is 9.02. The minimum atomic E-state index is -4.91. The molecule has 3 nitrogen and oxygen atoms in total. The molecule has 1 heterocycles. The topological polar surface area (TPSA) is 29.5 Å². The predicted molar refractivity (Wildman–Crippen MR) is 140 cm³/mol. The van der Waals surface area contributed by atoms with Gasteiger partial charge in [0.15, 0.2) is 5.78 Å². The molecule has 1 aliphatic heterocycles. The maximum atomic E-state index is 13.4. The third kappa shape index (κ3) is 6.56. The van der Waals surface area contributed by atoms with Gasteiger partial charge in [0, 0.05) is 37.2 Å². The third-order valence-corrected chi connectivity index (χ3v) is 8.18. The van der Waals surface area contributed by atoms with Gasteiger partial charge in [-0.25, -0.2) is 0 Å². The Labute approximate surface area is 231 Å². The third-order valence-electron chi connectivity index (χ3n) is 8.18. The van der Waals surface area contributed by atoms with Crippen molar-refractivity contribution in [3.8, 4) is 0 Å². The summed E-state index contributed by atoms with van der Waals surface area (Å²) in [5.41, 5.74) is -0.744. The molecule has 9 heteroatoms. The lowest BCUT2D eigenvalue weighted by atomic mass is 9.69. The highest BCUT2D eigenvalue weighted by Crippen LogP contribution is 2.49. The molecular weight excluding hydrogens is 532 g/mol. The number of carbonyl (C=O) groups excluding carboxylic acids is 1. The molecular formula is C31H35F6NO2. The fourth-order valence-corrected chi connectivity index (χ4v) is 6.35. The van der Waals surface area contributed by atoms with Crippen LogP contribution in [-0.4, -0.2) is 29.9 Å². The van der Waals surface area contributed by atoms with Crippen molar-refractivity contribution in [3.05, 3.63) is 82.6 Å². The number of allylic oxidation sites excluding steroid dienone is 2. The Morgan fingerprint density at radius 2 is 1.50 bits per heavy atom. The van der Waals surface area contributed by atoms with Gasteiger partial charge in [-0.05, 0) is 67.3 Å². The lowest BCUT2D eigenvalue weighted by Gasteiger charge is -2.41.